The number of halogens is 1. The summed E-state index contributed by atoms with van der Waals surface area (Å²) in [5, 5.41) is 14.6. The monoisotopic (exact) mass is 321 g/mol. The molecule has 1 atom stereocenters. The van der Waals surface area contributed by atoms with Gasteiger partial charge in [0.15, 0.2) is 5.82 Å². The van der Waals surface area contributed by atoms with E-state index in [0.717, 1.165) is 0 Å². The van der Waals surface area contributed by atoms with Gasteiger partial charge in [0.1, 0.15) is 16.8 Å². The van der Waals surface area contributed by atoms with Crippen molar-refractivity contribution in [3.05, 3.63) is 35.0 Å². The van der Waals surface area contributed by atoms with Gasteiger partial charge in [-0.15, -0.1) is 5.10 Å². The Kier molecular flexibility index (Phi) is 3.68. The smallest absolute Gasteiger partial charge is 0.269 e. The molecule has 1 aromatic carbocycles. The van der Waals surface area contributed by atoms with Crippen LogP contribution in [0.3, 0.4) is 0 Å². The maximum atomic E-state index is 12.0. The lowest BCUT2D eigenvalue weighted by Crippen LogP contribution is -2.35. The van der Waals surface area contributed by atoms with E-state index in [1.807, 2.05) is 0 Å². The first-order valence-electron chi connectivity index (χ1n) is 6.45. The molecule has 0 saturated heterocycles. The molecule has 1 amide bonds. The number of fused-ring (bicyclic) bond motifs is 1. The molecule has 2 aromatic heterocycles. The van der Waals surface area contributed by atoms with Crippen molar-refractivity contribution in [3.63, 3.8) is 0 Å². The van der Waals surface area contributed by atoms with Crippen LogP contribution in [0.15, 0.2) is 28.8 Å². The summed E-state index contributed by atoms with van der Waals surface area (Å²) in [6.07, 6.45) is -0.819. The summed E-state index contributed by atoms with van der Waals surface area (Å²) in [6, 6.07) is 6.68. The third-order valence-electron chi connectivity index (χ3n) is 2.88. The number of rotatable bonds is 4. The van der Waals surface area contributed by atoms with Gasteiger partial charge in [-0.1, -0.05) is 21.6 Å². The van der Waals surface area contributed by atoms with Crippen LogP contribution in [0.5, 0.6) is 0 Å². The lowest BCUT2D eigenvalue weighted by atomic mass is 10.3. The Labute approximate surface area is 129 Å². The second-order valence-corrected chi connectivity index (χ2v) is 5.09. The number of aromatic nitrogens is 4. The van der Waals surface area contributed by atoms with Crippen LogP contribution in [0.4, 0.5) is 5.82 Å². The van der Waals surface area contributed by atoms with Gasteiger partial charge in [0.2, 0.25) is 6.10 Å². The van der Waals surface area contributed by atoms with E-state index in [4.69, 9.17) is 21.0 Å². The SMILES string of the molecule is Cc1cc(NC(=O)[C@H](C)On2nnc3ccc(Cl)cc32)no1. The van der Waals surface area contributed by atoms with Gasteiger partial charge >= 0.3 is 0 Å². The van der Waals surface area contributed by atoms with Crippen LogP contribution in [0.2, 0.25) is 5.02 Å². The molecule has 0 radical (unpaired) electrons. The van der Waals surface area contributed by atoms with Gasteiger partial charge in [-0.25, -0.2) is 0 Å². The number of nitrogens with one attached hydrogen (secondary N) is 1. The highest BCUT2D eigenvalue weighted by atomic mass is 35.5. The molecule has 22 heavy (non-hydrogen) atoms. The number of amides is 1. The van der Waals surface area contributed by atoms with Crippen molar-refractivity contribution in [2.24, 2.45) is 0 Å². The Balaban J connectivity index is 1.73. The van der Waals surface area contributed by atoms with E-state index in [0.29, 0.717) is 27.6 Å². The molecule has 8 nitrogen and oxygen atoms in total. The zero-order chi connectivity index (χ0) is 15.7. The average Bonchev–Trinajstić information content (AvgIpc) is 3.05. The highest BCUT2D eigenvalue weighted by Crippen LogP contribution is 2.16. The van der Waals surface area contributed by atoms with Crippen LogP contribution in [0.25, 0.3) is 11.0 Å². The standard InChI is InChI=1S/C13H12ClN5O3/c1-7-5-12(17-21-7)15-13(20)8(2)22-19-11-6-9(14)3-4-10(11)16-18-19/h3-6,8H,1-2H3,(H,15,17,20)/t8-/m0/s1. The van der Waals surface area contributed by atoms with E-state index in [-0.39, 0.29) is 5.91 Å². The van der Waals surface area contributed by atoms with E-state index in [2.05, 4.69) is 20.8 Å². The van der Waals surface area contributed by atoms with Gasteiger partial charge in [-0.3, -0.25) is 4.79 Å². The summed E-state index contributed by atoms with van der Waals surface area (Å²) in [5.41, 5.74) is 1.19. The predicted octanol–water partition coefficient (Wildman–Crippen LogP) is 1.84. The molecular weight excluding hydrogens is 310 g/mol. The molecule has 0 spiro atoms. The summed E-state index contributed by atoms with van der Waals surface area (Å²) in [5.74, 6) is 0.532. The van der Waals surface area contributed by atoms with Crippen molar-refractivity contribution in [2.75, 3.05) is 5.32 Å². The van der Waals surface area contributed by atoms with Gasteiger partial charge in [-0.05, 0) is 37.3 Å². The Hall–Kier alpha value is -2.61. The minimum Gasteiger partial charge on any atom is -0.382 e. The van der Waals surface area contributed by atoms with E-state index < -0.39 is 6.10 Å². The number of anilines is 1. The summed E-state index contributed by atoms with van der Waals surface area (Å²) in [6.45, 7) is 3.31. The summed E-state index contributed by atoms with van der Waals surface area (Å²) in [4.78, 5) is 18.7. The van der Waals surface area contributed by atoms with Crippen LogP contribution in [-0.2, 0) is 4.79 Å². The number of hydrogen-bond donors (Lipinski definition) is 1. The van der Waals surface area contributed by atoms with Gasteiger partial charge < -0.3 is 14.7 Å². The topological polar surface area (TPSA) is 95.1 Å². The molecule has 0 saturated carbocycles. The summed E-state index contributed by atoms with van der Waals surface area (Å²) < 4.78 is 4.87. The highest BCUT2D eigenvalue weighted by molar-refractivity contribution is 6.31. The Morgan fingerprint density at radius 3 is 3.00 bits per heavy atom. The largest absolute Gasteiger partial charge is 0.382 e. The zero-order valence-corrected chi connectivity index (χ0v) is 12.5. The lowest BCUT2D eigenvalue weighted by Gasteiger charge is -2.12. The predicted molar refractivity (Wildman–Crippen MR) is 78.4 cm³/mol. The first-order chi connectivity index (χ1) is 10.5. The molecule has 9 heteroatoms. The number of hydrogen-bond acceptors (Lipinski definition) is 6. The maximum Gasteiger partial charge on any atom is 0.269 e. The number of aryl methyl sites for hydroxylation is 1. The Morgan fingerprint density at radius 2 is 2.27 bits per heavy atom. The van der Waals surface area contributed by atoms with Crippen molar-refractivity contribution < 1.29 is 14.2 Å². The molecular formula is C13H12ClN5O3. The van der Waals surface area contributed by atoms with Crippen molar-refractivity contribution >= 4 is 34.4 Å². The fraction of sp³-hybridized carbons (Fsp3) is 0.231. The molecule has 1 N–H and O–H groups in total. The number of benzene rings is 1. The van der Waals surface area contributed by atoms with Crippen LogP contribution in [0, 0.1) is 6.92 Å². The van der Waals surface area contributed by atoms with Crippen LogP contribution >= 0.6 is 11.6 Å². The average molecular weight is 322 g/mol. The van der Waals surface area contributed by atoms with Crippen molar-refractivity contribution in [1.29, 1.82) is 0 Å². The zero-order valence-electron chi connectivity index (χ0n) is 11.8. The minimum atomic E-state index is -0.819. The fourth-order valence-corrected chi connectivity index (χ4v) is 1.97. The summed E-state index contributed by atoms with van der Waals surface area (Å²) >= 11 is 5.93. The van der Waals surface area contributed by atoms with E-state index in [9.17, 15) is 4.79 Å². The fourth-order valence-electron chi connectivity index (χ4n) is 1.80. The number of nitrogens with zero attached hydrogens (tertiary/aromatic N) is 4. The lowest BCUT2D eigenvalue weighted by molar-refractivity contribution is -0.127. The molecule has 0 unspecified atom stereocenters. The third kappa shape index (κ3) is 2.86. The first-order valence-corrected chi connectivity index (χ1v) is 6.83. The molecule has 0 aliphatic carbocycles. The molecule has 2 heterocycles. The molecule has 3 aromatic rings. The van der Waals surface area contributed by atoms with Crippen molar-refractivity contribution in [3.8, 4) is 0 Å². The van der Waals surface area contributed by atoms with Gasteiger partial charge in [0, 0.05) is 11.1 Å². The number of carbonyl (C=O) groups excluding carboxylic acids is 1. The normalized spacial score (nSPS) is 12.3. The quantitative estimate of drug-likeness (QED) is 0.787. The van der Waals surface area contributed by atoms with Crippen LogP contribution in [-0.4, -0.2) is 32.3 Å². The molecule has 0 fully saturated rings. The van der Waals surface area contributed by atoms with Crippen molar-refractivity contribution in [1.82, 2.24) is 20.3 Å². The second kappa shape index (κ2) is 5.64. The van der Waals surface area contributed by atoms with Crippen molar-refractivity contribution in [2.45, 2.75) is 20.0 Å². The Morgan fingerprint density at radius 1 is 1.45 bits per heavy atom. The van der Waals surface area contributed by atoms with Crippen LogP contribution in [0.1, 0.15) is 12.7 Å². The van der Waals surface area contributed by atoms with E-state index in [1.165, 1.54) is 4.85 Å². The molecule has 0 aliphatic rings. The maximum absolute atomic E-state index is 12.0. The second-order valence-electron chi connectivity index (χ2n) is 4.66. The van der Waals surface area contributed by atoms with Gasteiger partial charge in [0.25, 0.3) is 5.91 Å². The molecule has 0 aliphatic heterocycles. The number of carbonyl (C=O) groups is 1. The Bertz CT molecular complexity index is 828. The summed E-state index contributed by atoms with van der Waals surface area (Å²) in [7, 11) is 0. The minimum absolute atomic E-state index is 0.324. The third-order valence-corrected chi connectivity index (χ3v) is 3.12. The van der Waals surface area contributed by atoms with Gasteiger partial charge in [-0.2, -0.15) is 0 Å². The first kappa shape index (κ1) is 14.3. The molecule has 3 rings (SSSR count). The molecule has 0 bridgehead atoms. The molecule has 114 valence electrons. The van der Waals surface area contributed by atoms with Crippen LogP contribution < -0.4 is 10.2 Å². The van der Waals surface area contributed by atoms with Gasteiger partial charge in [0.05, 0.1) is 0 Å². The van der Waals surface area contributed by atoms with E-state index >= 15 is 0 Å². The van der Waals surface area contributed by atoms with E-state index in [1.54, 1.807) is 38.1 Å². The highest BCUT2D eigenvalue weighted by Gasteiger charge is 2.18.